The molecular formula is C21H18ClNO6. The van der Waals surface area contributed by atoms with E-state index in [1.54, 1.807) is 50.4 Å². The van der Waals surface area contributed by atoms with E-state index in [1.807, 2.05) is 0 Å². The van der Waals surface area contributed by atoms with Crippen LogP contribution in [0.3, 0.4) is 0 Å². The van der Waals surface area contributed by atoms with Crippen molar-refractivity contribution in [2.45, 2.75) is 13.3 Å². The standard InChI is InChI=1S/C21H18ClNO6/c1-4-18(24)28-19-15(22)8-12(10-17(19)27-3)9-16-21(25)29-20(23-16)13-6-5-7-14(11-13)26-2/h5-11H,4H2,1-3H3. The number of methoxy groups -OCH3 is 2. The Morgan fingerprint density at radius 3 is 2.69 bits per heavy atom. The first-order valence-corrected chi connectivity index (χ1v) is 9.08. The molecule has 1 aliphatic rings. The van der Waals surface area contributed by atoms with Crippen LogP contribution in [0.15, 0.2) is 47.1 Å². The predicted molar refractivity (Wildman–Crippen MR) is 108 cm³/mol. The van der Waals surface area contributed by atoms with Gasteiger partial charge in [0.1, 0.15) is 5.75 Å². The van der Waals surface area contributed by atoms with Crippen LogP contribution in [0.2, 0.25) is 5.02 Å². The Kier molecular flexibility index (Phi) is 6.19. The molecule has 3 rings (SSSR count). The van der Waals surface area contributed by atoms with Crippen LogP contribution in [0.25, 0.3) is 6.08 Å². The molecule has 1 aliphatic heterocycles. The van der Waals surface area contributed by atoms with Crippen molar-refractivity contribution in [3.8, 4) is 17.2 Å². The fourth-order valence-corrected chi connectivity index (χ4v) is 2.81. The first-order chi connectivity index (χ1) is 13.9. The Morgan fingerprint density at radius 1 is 1.21 bits per heavy atom. The lowest BCUT2D eigenvalue weighted by Crippen LogP contribution is -2.07. The highest BCUT2D eigenvalue weighted by molar-refractivity contribution is 6.32. The smallest absolute Gasteiger partial charge is 0.363 e. The number of hydrogen-bond donors (Lipinski definition) is 0. The summed E-state index contributed by atoms with van der Waals surface area (Å²) in [5.41, 5.74) is 1.24. The molecule has 0 N–H and O–H groups in total. The zero-order valence-electron chi connectivity index (χ0n) is 16.0. The van der Waals surface area contributed by atoms with Gasteiger partial charge in [0.05, 0.1) is 19.2 Å². The van der Waals surface area contributed by atoms with E-state index < -0.39 is 11.9 Å². The Labute approximate surface area is 172 Å². The molecule has 0 atom stereocenters. The van der Waals surface area contributed by atoms with Crippen molar-refractivity contribution in [1.82, 2.24) is 0 Å². The average Bonchev–Trinajstić information content (AvgIpc) is 3.09. The average molecular weight is 416 g/mol. The largest absolute Gasteiger partial charge is 0.497 e. The summed E-state index contributed by atoms with van der Waals surface area (Å²) < 4.78 is 20.9. The highest BCUT2D eigenvalue weighted by atomic mass is 35.5. The Morgan fingerprint density at radius 2 is 2.00 bits per heavy atom. The third-order valence-corrected chi connectivity index (χ3v) is 4.28. The number of hydrogen-bond acceptors (Lipinski definition) is 7. The van der Waals surface area contributed by atoms with E-state index in [-0.39, 0.29) is 34.5 Å². The zero-order valence-corrected chi connectivity index (χ0v) is 16.8. The fraction of sp³-hybridized carbons (Fsp3) is 0.190. The van der Waals surface area contributed by atoms with Gasteiger partial charge in [0, 0.05) is 12.0 Å². The molecule has 8 heteroatoms. The van der Waals surface area contributed by atoms with Crippen LogP contribution in [-0.2, 0) is 14.3 Å². The summed E-state index contributed by atoms with van der Waals surface area (Å²) in [6.07, 6.45) is 1.70. The number of ether oxygens (including phenoxy) is 4. The third kappa shape index (κ3) is 4.57. The van der Waals surface area contributed by atoms with Crippen LogP contribution < -0.4 is 14.2 Å². The van der Waals surface area contributed by atoms with E-state index in [1.165, 1.54) is 13.2 Å². The van der Waals surface area contributed by atoms with E-state index in [4.69, 9.17) is 30.5 Å². The molecule has 0 saturated heterocycles. The molecule has 0 aliphatic carbocycles. The minimum absolute atomic E-state index is 0.0965. The van der Waals surface area contributed by atoms with Gasteiger partial charge in [0.2, 0.25) is 5.90 Å². The quantitative estimate of drug-likeness (QED) is 0.402. The molecule has 150 valence electrons. The molecule has 29 heavy (non-hydrogen) atoms. The monoisotopic (exact) mass is 415 g/mol. The van der Waals surface area contributed by atoms with Crippen LogP contribution >= 0.6 is 11.6 Å². The van der Waals surface area contributed by atoms with E-state index in [0.29, 0.717) is 16.9 Å². The topological polar surface area (TPSA) is 83.4 Å². The molecule has 0 amide bonds. The van der Waals surface area contributed by atoms with E-state index in [2.05, 4.69) is 4.99 Å². The molecule has 0 unspecified atom stereocenters. The second-order valence-electron chi connectivity index (χ2n) is 5.93. The Bertz CT molecular complexity index is 1030. The van der Waals surface area contributed by atoms with Crippen LogP contribution in [0, 0.1) is 0 Å². The number of cyclic esters (lactones) is 1. The van der Waals surface area contributed by atoms with Crippen molar-refractivity contribution in [3.63, 3.8) is 0 Å². The summed E-state index contributed by atoms with van der Waals surface area (Å²) in [5.74, 6) is 0.133. The normalized spacial score (nSPS) is 14.4. The van der Waals surface area contributed by atoms with Gasteiger partial charge in [-0.1, -0.05) is 24.6 Å². The van der Waals surface area contributed by atoms with Gasteiger partial charge in [-0.2, -0.15) is 0 Å². The molecule has 2 aromatic rings. The molecular weight excluding hydrogens is 398 g/mol. The number of carbonyl (C=O) groups is 2. The van der Waals surface area contributed by atoms with Crippen molar-refractivity contribution in [2.24, 2.45) is 4.99 Å². The molecule has 1 heterocycles. The molecule has 2 aromatic carbocycles. The van der Waals surface area contributed by atoms with Crippen LogP contribution in [0.1, 0.15) is 24.5 Å². The minimum atomic E-state index is -0.598. The maximum atomic E-state index is 12.2. The first kappa shape index (κ1) is 20.4. The van der Waals surface area contributed by atoms with Gasteiger partial charge in [0.15, 0.2) is 17.2 Å². The lowest BCUT2D eigenvalue weighted by Gasteiger charge is -2.11. The second kappa shape index (κ2) is 8.79. The van der Waals surface area contributed by atoms with E-state index >= 15 is 0 Å². The van der Waals surface area contributed by atoms with Gasteiger partial charge in [-0.25, -0.2) is 9.79 Å². The predicted octanol–water partition coefficient (Wildman–Crippen LogP) is 4.02. The number of rotatable bonds is 6. The molecule has 0 bridgehead atoms. The maximum Gasteiger partial charge on any atom is 0.363 e. The molecule has 0 radical (unpaired) electrons. The number of nitrogens with zero attached hydrogens (tertiary/aromatic N) is 1. The van der Waals surface area contributed by atoms with Gasteiger partial charge < -0.3 is 18.9 Å². The lowest BCUT2D eigenvalue weighted by atomic mass is 10.1. The van der Waals surface area contributed by atoms with Gasteiger partial charge in [-0.3, -0.25) is 4.79 Å². The van der Waals surface area contributed by atoms with Crippen molar-refractivity contribution >= 4 is 35.5 Å². The highest BCUT2D eigenvalue weighted by Crippen LogP contribution is 2.37. The molecule has 0 aromatic heterocycles. The molecule has 0 saturated carbocycles. The van der Waals surface area contributed by atoms with Crippen molar-refractivity contribution in [3.05, 3.63) is 58.2 Å². The van der Waals surface area contributed by atoms with Crippen molar-refractivity contribution in [1.29, 1.82) is 0 Å². The SMILES string of the molecule is CCC(=O)Oc1c(Cl)cc(C=C2N=C(c3cccc(OC)c3)OC2=O)cc1OC. The van der Waals surface area contributed by atoms with E-state index in [9.17, 15) is 9.59 Å². The summed E-state index contributed by atoms with van der Waals surface area (Å²) in [7, 11) is 2.97. The molecule has 0 fully saturated rings. The van der Waals surface area contributed by atoms with Gasteiger partial charge >= 0.3 is 11.9 Å². The summed E-state index contributed by atoms with van der Waals surface area (Å²) in [6.45, 7) is 1.67. The Balaban J connectivity index is 1.94. The molecule has 0 spiro atoms. The zero-order chi connectivity index (χ0) is 21.0. The van der Waals surface area contributed by atoms with Crippen LogP contribution in [0.4, 0.5) is 0 Å². The number of carbonyl (C=O) groups excluding carboxylic acids is 2. The molecule has 7 nitrogen and oxygen atoms in total. The van der Waals surface area contributed by atoms with Crippen LogP contribution in [0.5, 0.6) is 17.2 Å². The number of esters is 2. The Hall–Kier alpha value is -3.32. The van der Waals surface area contributed by atoms with Crippen LogP contribution in [-0.4, -0.2) is 32.1 Å². The van der Waals surface area contributed by atoms with Crippen molar-refractivity contribution in [2.75, 3.05) is 14.2 Å². The lowest BCUT2D eigenvalue weighted by molar-refractivity contribution is -0.134. The highest BCUT2D eigenvalue weighted by Gasteiger charge is 2.25. The number of benzene rings is 2. The maximum absolute atomic E-state index is 12.2. The second-order valence-corrected chi connectivity index (χ2v) is 6.34. The van der Waals surface area contributed by atoms with Gasteiger partial charge in [-0.05, 0) is 42.0 Å². The summed E-state index contributed by atoms with van der Waals surface area (Å²) in [4.78, 5) is 28.1. The van der Waals surface area contributed by atoms with Gasteiger partial charge in [0.25, 0.3) is 0 Å². The van der Waals surface area contributed by atoms with E-state index in [0.717, 1.165) is 0 Å². The van der Waals surface area contributed by atoms with Gasteiger partial charge in [-0.15, -0.1) is 0 Å². The number of halogens is 1. The first-order valence-electron chi connectivity index (χ1n) is 8.70. The number of aliphatic imine (C=N–C) groups is 1. The fourth-order valence-electron chi connectivity index (χ4n) is 2.55. The summed E-state index contributed by atoms with van der Waals surface area (Å²) in [5, 5.41) is 0.168. The summed E-state index contributed by atoms with van der Waals surface area (Å²) >= 11 is 6.24. The summed E-state index contributed by atoms with van der Waals surface area (Å²) in [6, 6.07) is 10.2. The third-order valence-electron chi connectivity index (χ3n) is 4.00. The minimum Gasteiger partial charge on any atom is -0.497 e. The van der Waals surface area contributed by atoms with Crippen molar-refractivity contribution < 1.29 is 28.5 Å².